The van der Waals surface area contributed by atoms with E-state index in [9.17, 15) is 18.4 Å². The van der Waals surface area contributed by atoms with E-state index in [0.29, 0.717) is 11.3 Å². The Morgan fingerprint density at radius 2 is 1.76 bits per heavy atom. The molecule has 1 aliphatic heterocycles. The van der Waals surface area contributed by atoms with Crippen LogP contribution in [-0.2, 0) is 10.9 Å². The van der Waals surface area contributed by atoms with Gasteiger partial charge in [-0.2, -0.15) is 18.4 Å². The molecule has 0 radical (unpaired) electrons. The summed E-state index contributed by atoms with van der Waals surface area (Å²) in [5.74, 6) is 0.0629. The Balaban J connectivity index is 2.49. The molecule has 0 spiro atoms. The number of allylic oxidation sites excluding steroid dienone is 3. The van der Waals surface area contributed by atoms with Gasteiger partial charge < -0.3 is 10.5 Å². The molecule has 21 heavy (non-hydrogen) atoms. The van der Waals surface area contributed by atoms with Crippen molar-refractivity contribution >= 4 is 0 Å². The van der Waals surface area contributed by atoms with Crippen molar-refractivity contribution in [3.05, 3.63) is 58.2 Å². The molecule has 0 fully saturated rings. The van der Waals surface area contributed by atoms with Crippen LogP contribution in [0.2, 0.25) is 0 Å². The monoisotopic (exact) mass is 294 g/mol. The predicted molar refractivity (Wildman–Crippen MR) is 70.5 cm³/mol. The van der Waals surface area contributed by atoms with Gasteiger partial charge in [-0.15, -0.1) is 0 Å². The lowest BCUT2D eigenvalue weighted by molar-refractivity contribution is -0.137. The number of rotatable bonds is 1. The van der Waals surface area contributed by atoms with Crippen molar-refractivity contribution in [2.24, 2.45) is 5.73 Å². The molecule has 0 amide bonds. The third-order valence-electron chi connectivity index (χ3n) is 3.50. The van der Waals surface area contributed by atoms with Crippen molar-refractivity contribution in [1.29, 1.82) is 5.26 Å². The molecule has 0 bridgehead atoms. The third-order valence-corrected chi connectivity index (χ3v) is 3.50. The SMILES string of the molecule is CC1=C(C)C(c2ccc(C(F)(F)F)cc2)C(C#N)=C(N)O1. The van der Waals surface area contributed by atoms with E-state index in [0.717, 1.165) is 17.7 Å². The molecule has 2 rings (SSSR count). The standard InChI is InChI=1S/C15H13F3N2O/c1-8-9(2)21-14(20)12(7-19)13(8)10-3-5-11(6-4-10)15(16,17)18/h3-6,13H,20H2,1-2H3. The lowest BCUT2D eigenvalue weighted by atomic mass is 9.84. The van der Waals surface area contributed by atoms with Crippen LogP contribution in [-0.4, -0.2) is 0 Å². The lowest BCUT2D eigenvalue weighted by Gasteiger charge is -2.26. The molecule has 1 aromatic carbocycles. The number of hydrogen-bond donors (Lipinski definition) is 1. The Hall–Kier alpha value is -2.42. The van der Waals surface area contributed by atoms with Crippen LogP contribution in [0.5, 0.6) is 0 Å². The molecule has 1 aromatic rings. The molecule has 0 aliphatic carbocycles. The summed E-state index contributed by atoms with van der Waals surface area (Å²) >= 11 is 0. The zero-order valence-corrected chi connectivity index (χ0v) is 11.5. The number of ether oxygens (including phenoxy) is 1. The van der Waals surface area contributed by atoms with Crippen LogP contribution in [0, 0.1) is 11.3 Å². The second-order valence-corrected chi connectivity index (χ2v) is 4.78. The summed E-state index contributed by atoms with van der Waals surface area (Å²) in [6, 6.07) is 6.69. The van der Waals surface area contributed by atoms with Gasteiger partial charge in [0.25, 0.3) is 0 Å². The van der Waals surface area contributed by atoms with Gasteiger partial charge in [-0.1, -0.05) is 12.1 Å². The summed E-state index contributed by atoms with van der Waals surface area (Å²) in [6.07, 6.45) is -4.39. The van der Waals surface area contributed by atoms with E-state index in [-0.39, 0.29) is 11.5 Å². The first-order valence-electron chi connectivity index (χ1n) is 6.17. The maximum absolute atomic E-state index is 12.6. The first kappa shape index (κ1) is 15.0. The number of nitrogens with two attached hydrogens (primary N) is 1. The van der Waals surface area contributed by atoms with Crippen LogP contribution in [0.1, 0.15) is 30.9 Å². The number of benzene rings is 1. The quantitative estimate of drug-likeness (QED) is 0.856. The third kappa shape index (κ3) is 2.72. The van der Waals surface area contributed by atoms with Crippen molar-refractivity contribution < 1.29 is 17.9 Å². The summed E-state index contributed by atoms with van der Waals surface area (Å²) in [7, 11) is 0. The Morgan fingerprint density at radius 1 is 1.19 bits per heavy atom. The largest absolute Gasteiger partial charge is 0.445 e. The maximum Gasteiger partial charge on any atom is 0.416 e. The van der Waals surface area contributed by atoms with Gasteiger partial charge in [0.15, 0.2) is 0 Å². The van der Waals surface area contributed by atoms with Crippen LogP contribution >= 0.6 is 0 Å². The number of halogens is 3. The van der Waals surface area contributed by atoms with Gasteiger partial charge in [0.05, 0.1) is 5.56 Å². The van der Waals surface area contributed by atoms with E-state index in [1.165, 1.54) is 12.1 Å². The van der Waals surface area contributed by atoms with E-state index in [1.54, 1.807) is 13.8 Å². The highest BCUT2D eigenvalue weighted by Crippen LogP contribution is 2.39. The van der Waals surface area contributed by atoms with Crippen molar-refractivity contribution in [3.8, 4) is 6.07 Å². The van der Waals surface area contributed by atoms with Crippen molar-refractivity contribution in [2.45, 2.75) is 25.9 Å². The Labute approximate surface area is 120 Å². The van der Waals surface area contributed by atoms with Gasteiger partial charge in [-0.3, -0.25) is 0 Å². The maximum atomic E-state index is 12.6. The first-order chi connectivity index (χ1) is 9.75. The number of nitrogens with zero attached hydrogens (tertiary/aromatic N) is 1. The molecule has 1 heterocycles. The fraction of sp³-hybridized carbons (Fsp3) is 0.267. The molecule has 2 N–H and O–H groups in total. The summed E-state index contributed by atoms with van der Waals surface area (Å²) in [6.45, 7) is 3.47. The fourth-order valence-electron chi connectivity index (χ4n) is 2.26. The number of alkyl halides is 3. The van der Waals surface area contributed by atoms with Gasteiger partial charge >= 0.3 is 6.18 Å². The highest BCUT2D eigenvalue weighted by atomic mass is 19.4. The van der Waals surface area contributed by atoms with E-state index >= 15 is 0 Å². The van der Waals surface area contributed by atoms with Crippen LogP contribution in [0.15, 0.2) is 47.1 Å². The second-order valence-electron chi connectivity index (χ2n) is 4.78. The van der Waals surface area contributed by atoms with Crippen molar-refractivity contribution in [1.82, 2.24) is 0 Å². The van der Waals surface area contributed by atoms with E-state index in [2.05, 4.69) is 0 Å². The molecule has 1 atom stereocenters. The minimum absolute atomic E-state index is 0.00880. The van der Waals surface area contributed by atoms with Gasteiger partial charge in [0.2, 0.25) is 5.88 Å². The highest BCUT2D eigenvalue weighted by Gasteiger charge is 2.32. The van der Waals surface area contributed by atoms with Crippen molar-refractivity contribution in [2.75, 3.05) is 0 Å². The summed E-state index contributed by atoms with van der Waals surface area (Å²) in [5, 5.41) is 9.21. The molecular formula is C15H13F3N2O. The zero-order valence-electron chi connectivity index (χ0n) is 11.5. The van der Waals surface area contributed by atoms with Crippen LogP contribution in [0.4, 0.5) is 13.2 Å². The predicted octanol–water partition coefficient (Wildman–Crippen LogP) is 3.81. The highest BCUT2D eigenvalue weighted by molar-refractivity contribution is 5.48. The molecule has 6 heteroatoms. The average Bonchev–Trinajstić information content (AvgIpc) is 2.41. The van der Waals surface area contributed by atoms with E-state index in [1.807, 2.05) is 6.07 Å². The summed E-state index contributed by atoms with van der Waals surface area (Å²) < 4.78 is 43.0. The van der Waals surface area contributed by atoms with E-state index in [4.69, 9.17) is 10.5 Å². The van der Waals surface area contributed by atoms with Gasteiger partial charge in [0, 0.05) is 5.92 Å². The topological polar surface area (TPSA) is 59.0 Å². The lowest BCUT2D eigenvalue weighted by Crippen LogP contribution is -2.19. The average molecular weight is 294 g/mol. The molecule has 1 aliphatic rings. The van der Waals surface area contributed by atoms with E-state index < -0.39 is 17.7 Å². The number of nitriles is 1. The molecule has 3 nitrogen and oxygen atoms in total. The first-order valence-corrected chi connectivity index (χ1v) is 6.17. The summed E-state index contributed by atoms with van der Waals surface area (Å²) in [5.41, 5.74) is 6.49. The zero-order chi connectivity index (χ0) is 15.8. The van der Waals surface area contributed by atoms with Crippen LogP contribution in [0.3, 0.4) is 0 Å². The smallest absolute Gasteiger partial charge is 0.416 e. The van der Waals surface area contributed by atoms with Crippen molar-refractivity contribution in [3.63, 3.8) is 0 Å². The van der Waals surface area contributed by atoms with Gasteiger partial charge in [-0.25, -0.2) is 0 Å². The Kier molecular flexibility index (Phi) is 3.69. The Bertz CT molecular complexity index is 664. The minimum atomic E-state index is -4.39. The Morgan fingerprint density at radius 3 is 2.24 bits per heavy atom. The second kappa shape index (κ2) is 5.17. The normalized spacial score (nSPS) is 19.3. The molecule has 0 saturated heterocycles. The number of hydrogen-bond acceptors (Lipinski definition) is 3. The van der Waals surface area contributed by atoms with Gasteiger partial charge in [-0.05, 0) is 37.1 Å². The molecular weight excluding hydrogens is 281 g/mol. The molecule has 0 aromatic heterocycles. The molecule has 0 saturated carbocycles. The molecule has 110 valence electrons. The molecule has 1 unspecified atom stereocenters. The van der Waals surface area contributed by atoms with Crippen LogP contribution in [0.25, 0.3) is 0 Å². The minimum Gasteiger partial charge on any atom is -0.445 e. The van der Waals surface area contributed by atoms with Gasteiger partial charge in [0.1, 0.15) is 17.4 Å². The fourth-order valence-corrected chi connectivity index (χ4v) is 2.26. The summed E-state index contributed by atoms with van der Waals surface area (Å²) in [4.78, 5) is 0. The van der Waals surface area contributed by atoms with Crippen LogP contribution < -0.4 is 5.73 Å².